The number of ether oxygens (including phenoxy) is 1. The van der Waals surface area contributed by atoms with Gasteiger partial charge >= 0.3 is 0 Å². The van der Waals surface area contributed by atoms with Gasteiger partial charge < -0.3 is 9.64 Å². The van der Waals surface area contributed by atoms with Crippen LogP contribution in [-0.4, -0.2) is 52.6 Å². The summed E-state index contributed by atoms with van der Waals surface area (Å²) in [6, 6.07) is 16.4. The number of hydrogen-bond donors (Lipinski definition) is 1. The van der Waals surface area contributed by atoms with Gasteiger partial charge in [-0.05, 0) is 54.8 Å². The second kappa shape index (κ2) is 10.2. The van der Waals surface area contributed by atoms with Crippen LogP contribution >= 0.6 is 11.3 Å². The summed E-state index contributed by atoms with van der Waals surface area (Å²) in [7, 11) is -2.10. The Kier molecular flexibility index (Phi) is 7.33. The maximum atomic E-state index is 13.3. The number of thiophene rings is 1. The molecule has 0 amide bonds. The molecule has 4 rings (SSSR count). The number of piperazine rings is 1. The summed E-state index contributed by atoms with van der Waals surface area (Å²) in [5.41, 5.74) is 1.07. The summed E-state index contributed by atoms with van der Waals surface area (Å²) in [4.78, 5) is 5.79. The van der Waals surface area contributed by atoms with Crippen LogP contribution in [-0.2, 0) is 10.0 Å². The van der Waals surface area contributed by atoms with Crippen molar-refractivity contribution < 1.29 is 17.5 Å². The fraction of sp³-hybridized carbons (Fsp3) is 0.333. The first-order valence-electron chi connectivity index (χ1n) is 10.8. The predicted octanol–water partition coefficient (Wildman–Crippen LogP) is 4.13. The minimum Gasteiger partial charge on any atom is -0.495 e. The molecule has 1 aliphatic heterocycles. The molecule has 1 N–H and O–H groups in total. The molecule has 2 aromatic carbocycles. The van der Waals surface area contributed by atoms with Crippen LogP contribution in [0.4, 0.5) is 10.1 Å². The molecule has 33 heavy (non-hydrogen) atoms. The molecule has 0 saturated carbocycles. The van der Waals surface area contributed by atoms with Crippen molar-refractivity contribution in [1.29, 1.82) is 0 Å². The minimum atomic E-state index is -3.78. The largest absolute Gasteiger partial charge is 0.495 e. The summed E-state index contributed by atoms with van der Waals surface area (Å²) in [6.45, 7) is 5.06. The van der Waals surface area contributed by atoms with Crippen LogP contribution in [0.3, 0.4) is 0 Å². The first-order chi connectivity index (χ1) is 15.9. The number of hydrogen-bond acceptors (Lipinski definition) is 6. The first-order valence-corrected chi connectivity index (χ1v) is 13.2. The Labute approximate surface area is 198 Å². The van der Waals surface area contributed by atoms with Crippen molar-refractivity contribution in [3.05, 3.63) is 76.7 Å². The summed E-state index contributed by atoms with van der Waals surface area (Å²) >= 11 is 1.62. The summed E-state index contributed by atoms with van der Waals surface area (Å²) in [5.74, 6) is 0.382. The summed E-state index contributed by atoms with van der Waals surface area (Å²) in [6.07, 6.45) is 0. The van der Waals surface area contributed by atoms with E-state index in [1.807, 2.05) is 42.6 Å². The molecule has 9 heteroatoms. The third-order valence-corrected chi connectivity index (χ3v) is 8.42. The number of para-hydroxylation sites is 2. The van der Waals surface area contributed by atoms with E-state index in [-0.39, 0.29) is 17.0 Å². The Morgan fingerprint density at radius 2 is 1.70 bits per heavy atom. The Bertz CT molecular complexity index is 1150. The molecule has 2 heterocycles. The number of anilines is 1. The van der Waals surface area contributed by atoms with Gasteiger partial charge in [-0.3, -0.25) is 4.90 Å². The van der Waals surface area contributed by atoms with Crippen molar-refractivity contribution in [3.63, 3.8) is 0 Å². The quantitative estimate of drug-likeness (QED) is 0.516. The Hall–Kier alpha value is -2.46. The zero-order valence-electron chi connectivity index (χ0n) is 18.6. The minimum absolute atomic E-state index is 0.0571. The predicted molar refractivity (Wildman–Crippen MR) is 130 cm³/mol. The second-order valence-corrected chi connectivity index (χ2v) is 10.7. The molecule has 6 nitrogen and oxygen atoms in total. The van der Waals surface area contributed by atoms with Gasteiger partial charge in [0.25, 0.3) is 0 Å². The van der Waals surface area contributed by atoms with Crippen molar-refractivity contribution in [1.82, 2.24) is 9.62 Å². The molecule has 1 fully saturated rings. The molecular formula is C24H28FN3O3S2. The van der Waals surface area contributed by atoms with E-state index in [9.17, 15) is 12.8 Å². The molecular weight excluding hydrogens is 461 g/mol. The lowest BCUT2D eigenvalue weighted by Crippen LogP contribution is -2.52. The fourth-order valence-electron chi connectivity index (χ4n) is 4.33. The van der Waals surface area contributed by atoms with Crippen LogP contribution in [0, 0.1) is 5.82 Å². The van der Waals surface area contributed by atoms with Gasteiger partial charge in [-0.25, -0.2) is 17.5 Å². The highest BCUT2D eigenvalue weighted by Crippen LogP contribution is 2.33. The van der Waals surface area contributed by atoms with E-state index >= 15 is 0 Å². The van der Waals surface area contributed by atoms with Gasteiger partial charge in [-0.1, -0.05) is 18.2 Å². The summed E-state index contributed by atoms with van der Waals surface area (Å²) < 4.78 is 47.5. The van der Waals surface area contributed by atoms with E-state index in [0.717, 1.165) is 54.6 Å². The van der Waals surface area contributed by atoms with Crippen LogP contribution in [0.5, 0.6) is 5.75 Å². The van der Waals surface area contributed by atoms with Crippen LogP contribution < -0.4 is 14.4 Å². The van der Waals surface area contributed by atoms with E-state index in [0.29, 0.717) is 0 Å². The van der Waals surface area contributed by atoms with Gasteiger partial charge in [0.15, 0.2) is 0 Å². The molecule has 1 aromatic heterocycles. The molecule has 0 unspecified atom stereocenters. The van der Waals surface area contributed by atoms with Crippen molar-refractivity contribution in [2.75, 3.05) is 38.2 Å². The zero-order chi connectivity index (χ0) is 23.4. The molecule has 0 spiro atoms. The maximum absolute atomic E-state index is 13.3. The van der Waals surface area contributed by atoms with E-state index in [1.54, 1.807) is 18.4 Å². The fourth-order valence-corrected chi connectivity index (χ4v) is 6.54. The van der Waals surface area contributed by atoms with Crippen LogP contribution in [0.2, 0.25) is 0 Å². The molecule has 176 valence electrons. The van der Waals surface area contributed by atoms with Crippen LogP contribution in [0.1, 0.15) is 17.8 Å². The molecule has 0 bridgehead atoms. The van der Waals surface area contributed by atoms with Crippen molar-refractivity contribution in [3.8, 4) is 5.75 Å². The molecule has 2 atom stereocenters. The first kappa shape index (κ1) is 23.7. The van der Waals surface area contributed by atoms with Gasteiger partial charge in [0, 0.05) is 37.1 Å². The highest BCUT2D eigenvalue weighted by Gasteiger charge is 2.33. The number of sulfonamides is 1. The molecule has 0 aliphatic carbocycles. The molecule has 3 aromatic rings. The molecule has 1 saturated heterocycles. The lowest BCUT2D eigenvalue weighted by Gasteiger charge is -2.42. The highest BCUT2D eigenvalue weighted by molar-refractivity contribution is 7.89. The zero-order valence-corrected chi connectivity index (χ0v) is 20.3. The van der Waals surface area contributed by atoms with Gasteiger partial charge in [-0.2, -0.15) is 0 Å². The standard InChI is InChI=1S/C24H28FN3O3S2/c1-18(26-33(29,30)20-11-9-19(25)10-12-20)24(23-8-5-17-32-23)28-15-13-27(14-16-28)21-6-3-4-7-22(21)31-2/h3-12,17-18,24,26H,13-16H2,1-2H3/t18-,24+/m1/s1. The lowest BCUT2D eigenvalue weighted by molar-refractivity contribution is 0.163. The second-order valence-electron chi connectivity index (χ2n) is 8.02. The average Bonchev–Trinajstić information content (AvgIpc) is 3.34. The lowest BCUT2D eigenvalue weighted by atomic mass is 10.1. The average molecular weight is 490 g/mol. The third kappa shape index (κ3) is 5.38. The highest BCUT2D eigenvalue weighted by atomic mass is 32.2. The number of halogens is 1. The van der Waals surface area contributed by atoms with E-state index in [2.05, 4.69) is 20.6 Å². The smallest absolute Gasteiger partial charge is 0.240 e. The van der Waals surface area contributed by atoms with Gasteiger partial charge in [0.2, 0.25) is 10.0 Å². The van der Waals surface area contributed by atoms with Gasteiger partial charge in [0.05, 0.1) is 23.7 Å². The number of nitrogens with zero attached hydrogens (tertiary/aromatic N) is 2. The van der Waals surface area contributed by atoms with Crippen molar-refractivity contribution in [2.24, 2.45) is 0 Å². The van der Waals surface area contributed by atoms with Crippen molar-refractivity contribution >= 4 is 27.0 Å². The Morgan fingerprint density at radius 1 is 1.00 bits per heavy atom. The van der Waals surface area contributed by atoms with Crippen molar-refractivity contribution in [2.45, 2.75) is 23.9 Å². The van der Waals surface area contributed by atoms with E-state index in [1.165, 1.54) is 12.1 Å². The van der Waals surface area contributed by atoms with E-state index in [4.69, 9.17) is 4.74 Å². The topological polar surface area (TPSA) is 61.9 Å². The maximum Gasteiger partial charge on any atom is 0.240 e. The van der Waals surface area contributed by atoms with Gasteiger partial charge in [0.1, 0.15) is 11.6 Å². The SMILES string of the molecule is COc1ccccc1N1CCN([C@H](c2cccs2)[C@@H](C)NS(=O)(=O)c2ccc(F)cc2)CC1. The van der Waals surface area contributed by atoms with E-state index < -0.39 is 15.8 Å². The number of rotatable bonds is 8. The number of nitrogens with one attached hydrogen (secondary N) is 1. The number of benzene rings is 2. The third-order valence-electron chi connectivity index (χ3n) is 5.91. The van der Waals surface area contributed by atoms with Crippen LogP contribution in [0.15, 0.2) is 70.9 Å². The Balaban J connectivity index is 1.51. The molecule has 1 aliphatic rings. The Morgan fingerprint density at radius 3 is 2.33 bits per heavy atom. The van der Waals surface area contributed by atoms with Gasteiger partial charge in [-0.15, -0.1) is 11.3 Å². The number of methoxy groups -OCH3 is 1. The normalized spacial score (nSPS) is 17.0. The monoisotopic (exact) mass is 489 g/mol. The summed E-state index contributed by atoms with van der Waals surface area (Å²) in [5, 5.41) is 2.01. The molecule has 0 radical (unpaired) electrons. The van der Waals surface area contributed by atoms with Crippen LogP contribution in [0.25, 0.3) is 0 Å².